The molecular weight excluding hydrogens is 505 g/mol. The molecule has 0 atom stereocenters. The van der Waals surface area contributed by atoms with Gasteiger partial charge >= 0.3 is 0 Å². The highest BCUT2D eigenvalue weighted by atomic mass is 127. The van der Waals surface area contributed by atoms with Gasteiger partial charge in [0, 0.05) is 32.2 Å². The zero-order valence-electron chi connectivity index (χ0n) is 17.3. The minimum atomic E-state index is -3.15. The molecule has 162 valence electrons. The van der Waals surface area contributed by atoms with Gasteiger partial charge in [-0.15, -0.1) is 24.0 Å². The van der Waals surface area contributed by atoms with Gasteiger partial charge in [-0.2, -0.15) is 0 Å². The number of hydrogen-bond acceptors (Lipinski definition) is 5. The Hall–Kier alpha value is -1.66. The number of nitrogens with zero attached hydrogens (tertiary/aromatic N) is 3. The highest BCUT2D eigenvalue weighted by Gasteiger charge is 2.13. The summed E-state index contributed by atoms with van der Waals surface area (Å²) < 4.78 is 30.2. The summed E-state index contributed by atoms with van der Waals surface area (Å²) in [4.78, 5) is 8.66. The summed E-state index contributed by atoms with van der Waals surface area (Å²) >= 11 is 0. The van der Waals surface area contributed by atoms with Gasteiger partial charge in [0.15, 0.2) is 5.96 Å². The Balaban J connectivity index is 0.00000420. The molecule has 1 heterocycles. The fourth-order valence-corrected chi connectivity index (χ4v) is 3.56. The maximum Gasteiger partial charge on any atom is 0.226 e. The first-order valence-corrected chi connectivity index (χ1v) is 11.1. The van der Waals surface area contributed by atoms with Gasteiger partial charge in [0.25, 0.3) is 0 Å². The number of sulfonamides is 1. The van der Waals surface area contributed by atoms with Crippen LogP contribution >= 0.6 is 24.0 Å². The lowest BCUT2D eigenvalue weighted by molar-refractivity contribution is 0.424. The van der Waals surface area contributed by atoms with Crippen molar-refractivity contribution in [3.63, 3.8) is 0 Å². The van der Waals surface area contributed by atoms with E-state index in [2.05, 4.69) is 20.6 Å². The summed E-state index contributed by atoms with van der Waals surface area (Å²) in [6.45, 7) is 5.90. The molecular formula is C19H30IN5O3S. The second kappa shape index (κ2) is 12.1. The molecule has 1 aromatic heterocycles. The quantitative estimate of drug-likeness (QED) is 0.222. The molecule has 1 aromatic carbocycles. The molecule has 0 aliphatic carbocycles. The molecule has 29 heavy (non-hydrogen) atoms. The highest BCUT2D eigenvalue weighted by Crippen LogP contribution is 2.18. The van der Waals surface area contributed by atoms with E-state index in [0.29, 0.717) is 44.5 Å². The lowest BCUT2D eigenvalue weighted by Gasteiger charge is -2.18. The van der Waals surface area contributed by atoms with Crippen molar-refractivity contribution >= 4 is 40.0 Å². The molecule has 0 aliphatic heterocycles. The summed E-state index contributed by atoms with van der Waals surface area (Å²) in [7, 11) is -1.46. The molecule has 0 fully saturated rings. The third kappa shape index (κ3) is 8.31. The first-order valence-electron chi connectivity index (χ1n) is 9.24. The molecule has 2 aromatic rings. The molecule has 8 nitrogen and oxygen atoms in total. The molecule has 0 radical (unpaired) electrons. The van der Waals surface area contributed by atoms with Crippen molar-refractivity contribution in [1.82, 2.24) is 19.9 Å². The summed E-state index contributed by atoms with van der Waals surface area (Å²) in [5.41, 5.74) is 2.89. The third-order valence-corrected chi connectivity index (χ3v) is 5.59. The Morgan fingerprint density at radius 3 is 2.52 bits per heavy atom. The first kappa shape index (κ1) is 25.4. The van der Waals surface area contributed by atoms with Crippen LogP contribution in [0.15, 0.2) is 39.9 Å². The maximum absolute atomic E-state index is 11.6. The molecule has 0 aliphatic rings. The molecule has 10 heteroatoms. The summed E-state index contributed by atoms with van der Waals surface area (Å²) in [5, 5.41) is 6.35. The standard InChI is InChI=1S/C19H29N5O3S.HI/c1-5-24(28(4,25)26)12-6-11-21-19(20-3)22-13-17-14-27-18(23-17)16-9-7-15(2)8-10-16;/h7-10,14H,5-6,11-13H2,1-4H3,(H2,20,21,22);1H. The van der Waals surface area contributed by atoms with E-state index in [9.17, 15) is 8.42 Å². The van der Waals surface area contributed by atoms with E-state index in [1.54, 1.807) is 13.3 Å². The molecule has 0 saturated heterocycles. The Morgan fingerprint density at radius 2 is 1.93 bits per heavy atom. The number of hydrogen-bond donors (Lipinski definition) is 2. The van der Waals surface area contributed by atoms with E-state index in [4.69, 9.17) is 4.42 Å². The van der Waals surface area contributed by atoms with Crippen LogP contribution in [0.3, 0.4) is 0 Å². The molecule has 0 unspecified atom stereocenters. The second-order valence-corrected chi connectivity index (χ2v) is 8.45. The predicted molar refractivity (Wildman–Crippen MR) is 127 cm³/mol. The average molecular weight is 535 g/mol. The zero-order chi connectivity index (χ0) is 20.6. The number of aromatic nitrogens is 1. The van der Waals surface area contributed by atoms with Gasteiger partial charge < -0.3 is 15.1 Å². The van der Waals surface area contributed by atoms with E-state index in [0.717, 1.165) is 11.3 Å². The van der Waals surface area contributed by atoms with Crippen LogP contribution in [0.2, 0.25) is 0 Å². The Morgan fingerprint density at radius 1 is 1.24 bits per heavy atom. The first-order chi connectivity index (χ1) is 13.3. The molecule has 2 N–H and O–H groups in total. The Labute approximate surface area is 190 Å². The number of rotatable bonds is 9. The molecule has 2 rings (SSSR count). The van der Waals surface area contributed by atoms with Crippen LogP contribution in [0.25, 0.3) is 11.5 Å². The smallest absolute Gasteiger partial charge is 0.226 e. The summed E-state index contributed by atoms with van der Waals surface area (Å²) in [6, 6.07) is 8.00. The maximum atomic E-state index is 11.6. The van der Waals surface area contributed by atoms with E-state index in [-0.39, 0.29) is 24.0 Å². The van der Waals surface area contributed by atoms with Crippen LogP contribution in [0.5, 0.6) is 0 Å². The zero-order valence-corrected chi connectivity index (χ0v) is 20.5. The second-order valence-electron chi connectivity index (χ2n) is 6.47. The van der Waals surface area contributed by atoms with Crippen LogP contribution in [0.1, 0.15) is 24.6 Å². The third-order valence-electron chi connectivity index (χ3n) is 4.21. The van der Waals surface area contributed by atoms with Crippen molar-refractivity contribution in [2.45, 2.75) is 26.8 Å². The summed E-state index contributed by atoms with van der Waals surface area (Å²) in [5.74, 6) is 1.21. The molecule has 0 spiro atoms. The van der Waals surface area contributed by atoms with Crippen molar-refractivity contribution in [2.24, 2.45) is 4.99 Å². The average Bonchev–Trinajstić information content (AvgIpc) is 3.12. The number of guanidine groups is 1. The monoisotopic (exact) mass is 535 g/mol. The Bertz CT molecular complexity index is 882. The van der Waals surface area contributed by atoms with Crippen molar-refractivity contribution in [3.8, 4) is 11.5 Å². The van der Waals surface area contributed by atoms with Gasteiger partial charge in [0.1, 0.15) is 6.26 Å². The van der Waals surface area contributed by atoms with Crippen LogP contribution in [0, 0.1) is 6.92 Å². The van der Waals surface area contributed by atoms with Crippen molar-refractivity contribution in [2.75, 3.05) is 32.9 Å². The topological polar surface area (TPSA) is 99.8 Å². The van der Waals surface area contributed by atoms with Gasteiger partial charge in [-0.1, -0.05) is 24.6 Å². The SMILES string of the molecule is CCN(CCCNC(=NC)NCc1coc(-c2ccc(C)cc2)n1)S(C)(=O)=O.I. The minimum Gasteiger partial charge on any atom is -0.444 e. The van der Waals surface area contributed by atoms with Crippen molar-refractivity contribution in [3.05, 3.63) is 41.8 Å². The fourth-order valence-electron chi connectivity index (χ4n) is 2.63. The Kier molecular flexibility index (Phi) is 10.6. The highest BCUT2D eigenvalue weighted by molar-refractivity contribution is 14.0. The van der Waals surface area contributed by atoms with Crippen LogP contribution in [0.4, 0.5) is 0 Å². The molecule has 0 bridgehead atoms. The normalized spacial score (nSPS) is 12.0. The fraction of sp³-hybridized carbons (Fsp3) is 0.474. The number of halogens is 1. The van der Waals surface area contributed by atoms with E-state index >= 15 is 0 Å². The number of nitrogens with one attached hydrogen (secondary N) is 2. The number of benzene rings is 1. The van der Waals surface area contributed by atoms with E-state index in [1.807, 2.05) is 38.1 Å². The van der Waals surface area contributed by atoms with Gasteiger partial charge in [0.05, 0.1) is 18.5 Å². The number of aliphatic imine (C=N–C) groups is 1. The molecule has 0 amide bonds. The lowest BCUT2D eigenvalue weighted by Crippen LogP contribution is -2.39. The van der Waals surface area contributed by atoms with E-state index in [1.165, 1.54) is 16.1 Å². The van der Waals surface area contributed by atoms with Crippen LogP contribution in [-0.4, -0.2) is 56.6 Å². The van der Waals surface area contributed by atoms with Gasteiger partial charge in [-0.05, 0) is 25.5 Å². The van der Waals surface area contributed by atoms with Gasteiger partial charge in [0.2, 0.25) is 15.9 Å². The van der Waals surface area contributed by atoms with E-state index < -0.39 is 10.0 Å². The van der Waals surface area contributed by atoms with Crippen LogP contribution < -0.4 is 10.6 Å². The lowest BCUT2D eigenvalue weighted by atomic mass is 10.1. The predicted octanol–water partition coefficient (Wildman–Crippen LogP) is 2.60. The van der Waals surface area contributed by atoms with Crippen molar-refractivity contribution < 1.29 is 12.8 Å². The summed E-state index contributed by atoms with van der Waals surface area (Å²) in [6.07, 6.45) is 3.54. The van der Waals surface area contributed by atoms with Crippen molar-refractivity contribution in [1.29, 1.82) is 0 Å². The van der Waals surface area contributed by atoms with Crippen LogP contribution in [-0.2, 0) is 16.6 Å². The number of aryl methyl sites for hydroxylation is 1. The minimum absolute atomic E-state index is 0. The van der Waals surface area contributed by atoms with Gasteiger partial charge in [-0.3, -0.25) is 4.99 Å². The number of oxazole rings is 1. The molecule has 0 saturated carbocycles. The largest absolute Gasteiger partial charge is 0.444 e. The van der Waals surface area contributed by atoms with Gasteiger partial charge in [-0.25, -0.2) is 17.7 Å².